The van der Waals surface area contributed by atoms with Crippen LogP contribution in [0.3, 0.4) is 0 Å². The zero-order valence-corrected chi connectivity index (χ0v) is 11.9. The van der Waals surface area contributed by atoms with Crippen molar-refractivity contribution in [1.82, 2.24) is 5.32 Å². The average molecular weight is 267 g/mol. The van der Waals surface area contributed by atoms with Crippen molar-refractivity contribution < 1.29 is 4.79 Å². The highest BCUT2D eigenvalue weighted by atomic mass is 16.1. The second-order valence-electron chi connectivity index (χ2n) is 5.90. The van der Waals surface area contributed by atoms with E-state index in [1.807, 2.05) is 30.3 Å². The maximum absolute atomic E-state index is 12.4. The van der Waals surface area contributed by atoms with Crippen LogP contribution in [0.2, 0.25) is 0 Å². The van der Waals surface area contributed by atoms with E-state index in [0.717, 1.165) is 17.4 Å². The van der Waals surface area contributed by atoms with E-state index in [4.69, 9.17) is 0 Å². The smallest absolute Gasteiger partial charge is 0.251 e. The van der Waals surface area contributed by atoms with Crippen molar-refractivity contribution in [3.63, 3.8) is 0 Å². The topological polar surface area (TPSA) is 29.1 Å². The summed E-state index contributed by atoms with van der Waals surface area (Å²) in [5.74, 6) is 0.655. The molecule has 2 nitrogen and oxygen atoms in total. The third kappa shape index (κ3) is 2.69. The Bertz CT molecular complexity index is 620. The number of amides is 1. The minimum atomic E-state index is 0.0644. The zero-order valence-electron chi connectivity index (χ0n) is 11.9. The van der Waals surface area contributed by atoms with Crippen molar-refractivity contribution in [2.75, 3.05) is 0 Å². The SMILES string of the molecule is C[C@@H]1CCCC[C@H]1NC(=O)c1ccc2ccccc2c1. The molecule has 0 bridgehead atoms. The molecular formula is C18H21NO. The summed E-state index contributed by atoms with van der Waals surface area (Å²) in [4.78, 5) is 12.4. The molecule has 2 atom stereocenters. The Kier molecular flexibility index (Phi) is 3.72. The quantitative estimate of drug-likeness (QED) is 0.870. The van der Waals surface area contributed by atoms with Gasteiger partial charge >= 0.3 is 0 Å². The van der Waals surface area contributed by atoms with Crippen LogP contribution < -0.4 is 5.32 Å². The molecule has 0 spiro atoms. The molecule has 1 aliphatic rings. The van der Waals surface area contributed by atoms with Crippen LogP contribution in [0.15, 0.2) is 42.5 Å². The van der Waals surface area contributed by atoms with Crippen molar-refractivity contribution in [2.45, 2.75) is 38.6 Å². The first kappa shape index (κ1) is 13.2. The monoisotopic (exact) mass is 267 g/mol. The third-order valence-electron chi connectivity index (χ3n) is 4.44. The fraction of sp³-hybridized carbons (Fsp3) is 0.389. The van der Waals surface area contributed by atoms with Gasteiger partial charge in [-0.3, -0.25) is 4.79 Å². The second kappa shape index (κ2) is 5.66. The van der Waals surface area contributed by atoms with Gasteiger partial charge in [0.2, 0.25) is 0 Å². The van der Waals surface area contributed by atoms with Crippen LogP contribution in [0, 0.1) is 5.92 Å². The number of hydrogen-bond donors (Lipinski definition) is 1. The number of fused-ring (bicyclic) bond motifs is 1. The maximum Gasteiger partial charge on any atom is 0.251 e. The highest BCUT2D eigenvalue weighted by Gasteiger charge is 2.23. The van der Waals surface area contributed by atoms with E-state index in [1.54, 1.807) is 0 Å². The van der Waals surface area contributed by atoms with Gasteiger partial charge in [0.15, 0.2) is 0 Å². The Balaban J connectivity index is 1.78. The Morgan fingerprint density at radius 2 is 1.80 bits per heavy atom. The standard InChI is InChI=1S/C18H21NO/c1-13-6-2-5-9-17(13)19-18(20)16-11-10-14-7-3-4-8-15(14)12-16/h3-4,7-8,10-13,17H,2,5-6,9H2,1H3,(H,19,20)/t13-,17-/m1/s1. The first-order valence-corrected chi connectivity index (χ1v) is 7.54. The number of nitrogens with one attached hydrogen (secondary N) is 1. The molecule has 2 heteroatoms. The average Bonchev–Trinajstić information content (AvgIpc) is 2.49. The number of carbonyl (C=O) groups excluding carboxylic acids is 1. The lowest BCUT2D eigenvalue weighted by Crippen LogP contribution is -2.41. The minimum Gasteiger partial charge on any atom is -0.349 e. The van der Waals surface area contributed by atoms with Gasteiger partial charge in [-0.15, -0.1) is 0 Å². The molecule has 1 fully saturated rings. The fourth-order valence-electron chi connectivity index (χ4n) is 3.11. The summed E-state index contributed by atoms with van der Waals surface area (Å²) in [5, 5.41) is 5.51. The van der Waals surface area contributed by atoms with Crippen LogP contribution >= 0.6 is 0 Å². The van der Waals surface area contributed by atoms with Crippen molar-refractivity contribution in [2.24, 2.45) is 5.92 Å². The Hall–Kier alpha value is -1.83. The van der Waals surface area contributed by atoms with Crippen LogP contribution in [-0.2, 0) is 0 Å². The predicted molar refractivity (Wildman–Crippen MR) is 82.8 cm³/mol. The summed E-state index contributed by atoms with van der Waals surface area (Å²) in [6.07, 6.45) is 4.86. The van der Waals surface area contributed by atoms with E-state index < -0.39 is 0 Å². The van der Waals surface area contributed by atoms with Crippen molar-refractivity contribution >= 4 is 16.7 Å². The van der Waals surface area contributed by atoms with Gasteiger partial charge in [-0.2, -0.15) is 0 Å². The van der Waals surface area contributed by atoms with Gasteiger partial charge in [-0.25, -0.2) is 0 Å². The van der Waals surface area contributed by atoms with Gasteiger partial charge in [0.05, 0.1) is 0 Å². The maximum atomic E-state index is 12.4. The van der Waals surface area contributed by atoms with Crippen molar-refractivity contribution in [3.05, 3.63) is 48.0 Å². The highest BCUT2D eigenvalue weighted by Crippen LogP contribution is 2.24. The fourth-order valence-corrected chi connectivity index (χ4v) is 3.11. The molecule has 2 aromatic rings. The lowest BCUT2D eigenvalue weighted by molar-refractivity contribution is 0.0910. The first-order chi connectivity index (χ1) is 9.74. The molecule has 1 N–H and O–H groups in total. The molecule has 1 aliphatic carbocycles. The van der Waals surface area contributed by atoms with Crippen LogP contribution in [0.5, 0.6) is 0 Å². The van der Waals surface area contributed by atoms with Crippen LogP contribution in [0.4, 0.5) is 0 Å². The van der Waals surface area contributed by atoms with Gasteiger partial charge in [-0.05, 0) is 41.7 Å². The Labute approximate surface area is 120 Å². The summed E-state index contributed by atoms with van der Waals surface area (Å²) in [5.41, 5.74) is 0.765. The molecule has 0 radical (unpaired) electrons. The van der Waals surface area contributed by atoms with E-state index in [0.29, 0.717) is 12.0 Å². The van der Waals surface area contributed by atoms with Crippen LogP contribution in [-0.4, -0.2) is 11.9 Å². The minimum absolute atomic E-state index is 0.0644. The van der Waals surface area contributed by atoms with Gasteiger partial charge in [0, 0.05) is 11.6 Å². The third-order valence-corrected chi connectivity index (χ3v) is 4.44. The summed E-state index contributed by atoms with van der Waals surface area (Å²) >= 11 is 0. The molecule has 20 heavy (non-hydrogen) atoms. The number of carbonyl (C=O) groups is 1. The number of hydrogen-bond acceptors (Lipinski definition) is 1. The summed E-state index contributed by atoms with van der Waals surface area (Å²) in [6, 6.07) is 14.4. The van der Waals surface area contributed by atoms with E-state index in [-0.39, 0.29) is 5.91 Å². The molecule has 0 heterocycles. The van der Waals surface area contributed by atoms with Crippen molar-refractivity contribution in [3.8, 4) is 0 Å². The van der Waals surface area contributed by atoms with Gasteiger partial charge in [0.1, 0.15) is 0 Å². The van der Waals surface area contributed by atoms with Gasteiger partial charge < -0.3 is 5.32 Å². The molecule has 0 saturated heterocycles. The lowest BCUT2D eigenvalue weighted by atomic mass is 9.86. The molecule has 0 aliphatic heterocycles. The zero-order chi connectivity index (χ0) is 13.9. The Morgan fingerprint density at radius 3 is 2.60 bits per heavy atom. The molecular weight excluding hydrogens is 246 g/mol. The summed E-state index contributed by atoms with van der Waals surface area (Å²) in [6.45, 7) is 2.24. The van der Waals surface area contributed by atoms with E-state index >= 15 is 0 Å². The van der Waals surface area contributed by atoms with E-state index in [9.17, 15) is 4.79 Å². The van der Waals surface area contributed by atoms with Gasteiger partial charge in [0.25, 0.3) is 5.91 Å². The second-order valence-corrected chi connectivity index (χ2v) is 5.90. The first-order valence-electron chi connectivity index (χ1n) is 7.54. The molecule has 104 valence electrons. The highest BCUT2D eigenvalue weighted by molar-refractivity contribution is 5.98. The normalized spacial score (nSPS) is 22.6. The molecule has 2 aromatic carbocycles. The van der Waals surface area contributed by atoms with E-state index in [2.05, 4.69) is 24.4 Å². The summed E-state index contributed by atoms with van der Waals surface area (Å²) in [7, 11) is 0. The molecule has 1 saturated carbocycles. The molecule has 3 rings (SSSR count). The number of rotatable bonds is 2. The van der Waals surface area contributed by atoms with Gasteiger partial charge in [-0.1, -0.05) is 50.1 Å². The lowest BCUT2D eigenvalue weighted by Gasteiger charge is -2.29. The molecule has 0 aromatic heterocycles. The van der Waals surface area contributed by atoms with E-state index in [1.165, 1.54) is 24.6 Å². The van der Waals surface area contributed by atoms with Crippen LogP contribution in [0.25, 0.3) is 10.8 Å². The predicted octanol–water partition coefficient (Wildman–Crippen LogP) is 4.15. The molecule has 1 amide bonds. The summed E-state index contributed by atoms with van der Waals surface area (Å²) < 4.78 is 0. The van der Waals surface area contributed by atoms with Crippen molar-refractivity contribution in [1.29, 1.82) is 0 Å². The van der Waals surface area contributed by atoms with Crippen LogP contribution in [0.1, 0.15) is 43.0 Å². The Morgan fingerprint density at radius 1 is 1.05 bits per heavy atom. The largest absolute Gasteiger partial charge is 0.349 e. The molecule has 0 unspecified atom stereocenters. The number of benzene rings is 2.